The van der Waals surface area contributed by atoms with E-state index in [1.54, 1.807) is 4.90 Å². The Bertz CT molecular complexity index is 905. The van der Waals surface area contributed by atoms with Crippen LogP contribution in [0.3, 0.4) is 0 Å². The van der Waals surface area contributed by atoms with Gasteiger partial charge in [0.1, 0.15) is 5.69 Å². The average molecular weight is 408 g/mol. The third-order valence-electron chi connectivity index (χ3n) is 5.43. The van der Waals surface area contributed by atoms with E-state index in [2.05, 4.69) is 4.98 Å². The average Bonchev–Trinajstić information content (AvgIpc) is 2.73. The maximum atomic E-state index is 14.0. The molecule has 2 aliphatic rings. The van der Waals surface area contributed by atoms with Crippen molar-refractivity contribution in [3.63, 3.8) is 0 Å². The summed E-state index contributed by atoms with van der Waals surface area (Å²) in [6, 6.07) is 7.81. The number of aromatic nitrogens is 1. The lowest BCUT2D eigenvalue weighted by Gasteiger charge is -2.37. The van der Waals surface area contributed by atoms with E-state index >= 15 is 0 Å². The number of carbonyl (C=O) groups is 1. The summed E-state index contributed by atoms with van der Waals surface area (Å²) >= 11 is 0. The summed E-state index contributed by atoms with van der Waals surface area (Å²) < 4.78 is 54.7. The van der Waals surface area contributed by atoms with Gasteiger partial charge in [-0.1, -0.05) is 18.2 Å². The van der Waals surface area contributed by atoms with Crippen LogP contribution in [0.5, 0.6) is 0 Å². The Morgan fingerprint density at radius 3 is 2.28 bits per heavy atom. The highest BCUT2D eigenvalue weighted by atomic mass is 19.2. The second-order valence-electron chi connectivity index (χ2n) is 7.21. The van der Waals surface area contributed by atoms with Gasteiger partial charge >= 0.3 is 0 Å². The second kappa shape index (κ2) is 7.98. The molecule has 0 unspecified atom stereocenters. The molecule has 0 aliphatic carbocycles. The maximum Gasteiger partial charge on any atom is 0.253 e. The smallest absolute Gasteiger partial charge is 0.253 e. The first kappa shape index (κ1) is 19.6. The molecule has 154 valence electrons. The van der Waals surface area contributed by atoms with E-state index in [1.165, 1.54) is 4.90 Å². The highest BCUT2D eigenvalue weighted by Crippen LogP contribution is 2.28. The summed E-state index contributed by atoms with van der Waals surface area (Å²) in [5.41, 5.74) is 1.32. The first-order valence-electron chi connectivity index (χ1n) is 9.51. The third-order valence-corrected chi connectivity index (χ3v) is 5.43. The number of fused-ring (bicyclic) bond motifs is 1. The van der Waals surface area contributed by atoms with Crippen molar-refractivity contribution in [3.05, 3.63) is 53.4 Å². The van der Waals surface area contributed by atoms with Gasteiger partial charge in [-0.3, -0.25) is 9.69 Å². The van der Waals surface area contributed by atoms with Gasteiger partial charge in [0.2, 0.25) is 17.5 Å². The lowest BCUT2D eigenvalue weighted by Crippen LogP contribution is -2.51. The third kappa shape index (κ3) is 3.78. The lowest BCUT2D eigenvalue weighted by molar-refractivity contribution is -0.119. The van der Waals surface area contributed by atoms with E-state index in [1.807, 2.05) is 29.2 Å². The van der Waals surface area contributed by atoms with Crippen LogP contribution in [0.4, 0.5) is 28.9 Å². The van der Waals surface area contributed by atoms with Crippen LogP contribution in [0.25, 0.3) is 0 Å². The number of aryl methyl sites for hydroxylation is 1. The number of nitrogens with zero attached hydrogens (tertiary/aromatic N) is 4. The predicted molar refractivity (Wildman–Crippen MR) is 99.8 cm³/mol. The van der Waals surface area contributed by atoms with Crippen LogP contribution in [0.15, 0.2) is 24.3 Å². The number of para-hydroxylation sites is 1. The number of hydrogen-bond donors (Lipinski definition) is 0. The van der Waals surface area contributed by atoms with Crippen LogP contribution in [0.2, 0.25) is 0 Å². The fourth-order valence-electron chi connectivity index (χ4n) is 3.95. The molecule has 0 bridgehead atoms. The highest BCUT2D eigenvalue weighted by Gasteiger charge is 2.30. The molecular weight excluding hydrogens is 388 g/mol. The molecule has 0 spiro atoms. The molecule has 1 saturated heterocycles. The van der Waals surface area contributed by atoms with Gasteiger partial charge in [0.05, 0.1) is 6.54 Å². The number of amides is 1. The number of piperazine rings is 1. The molecule has 1 fully saturated rings. The minimum absolute atomic E-state index is 0.0380. The Balaban J connectivity index is 1.41. The number of pyridine rings is 1. The summed E-state index contributed by atoms with van der Waals surface area (Å²) in [5.74, 6) is -6.37. The zero-order valence-electron chi connectivity index (χ0n) is 15.7. The molecule has 0 saturated carbocycles. The van der Waals surface area contributed by atoms with E-state index in [4.69, 9.17) is 0 Å². The van der Waals surface area contributed by atoms with Crippen molar-refractivity contribution in [2.24, 2.45) is 0 Å². The Kier molecular flexibility index (Phi) is 5.40. The largest absolute Gasteiger partial charge is 0.364 e. The van der Waals surface area contributed by atoms with Crippen molar-refractivity contribution in [1.82, 2.24) is 9.88 Å². The number of halogens is 4. The predicted octanol–water partition coefficient (Wildman–Crippen LogP) is 2.74. The minimum atomic E-state index is -1.67. The van der Waals surface area contributed by atoms with Crippen LogP contribution in [-0.2, 0) is 11.2 Å². The van der Waals surface area contributed by atoms with Crippen LogP contribution in [0, 0.1) is 23.5 Å². The Morgan fingerprint density at radius 2 is 1.59 bits per heavy atom. The standard InChI is InChI=1S/C20H20F4N4O/c21-16-18(17(22)20(24)25-19(16)23)27-10-8-26(9-11-27)12-15(29)28-7-3-5-13-4-1-2-6-14(13)28/h1-2,4,6H,3,5,7-12H2. The van der Waals surface area contributed by atoms with Crippen molar-refractivity contribution in [3.8, 4) is 0 Å². The Hall–Kier alpha value is -2.68. The number of benzene rings is 1. The normalized spacial score (nSPS) is 17.4. The molecular formula is C20H20F4N4O. The molecule has 1 aromatic heterocycles. The fourth-order valence-corrected chi connectivity index (χ4v) is 3.95. The van der Waals surface area contributed by atoms with Crippen molar-refractivity contribution < 1.29 is 22.4 Å². The summed E-state index contributed by atoms with van der Waals surface area (Å²) in [6.45, 7) is 1.78. The van der Waals surface area contributed by atoms with E-state index in [0.717, 1.165) is 24.1 Å². The van der Waals surface area contributed by atoms with Gasteiger partial charge < -0.3 is 9.80 Å². The molecule has 2 aliphatic heterocycles. The van der Waals surface area contributed by atoms with Crippen molar-refractivity contribution in [2.75, 3.05) is 49.1 Å². The van der Waals surface area contributed by atoms with E-state index in [-0.39, 0.29) is 25.5 Å². The minimum Gasteiger partial charge on any atom is -0.364 e. The molecule has 3 heterocycles. The molecule has 1 amide bonds. The number of hydrogen-bond acceptors (Lipinski definition) is 4. The molecule has 2 aromatic rings. The zero-order chi connectivity index (χ0) is 20.5. The van der Waals surface area contributed by atoms with E-state index in [0.29, 0.717) is 19.6 Å². The Morgan fingerprint density at radius 1 is 0.931 bits per heavy atom. The van der Waals surface area contributed by atoms with E-state index < -0.39 is 29.2 Å². The Labute approximate surface area is 165 Å². The molecule has 9 heteroatoms. The van der Waals surface area contributed by atoms with Gasteiger partial charge in [0.25, 0.3) is 11.9 Å². The summed E-state index contributed by atoms with van der Waals surface area (Å²) in [5, 5.41) is 0. The summed E-state index contributed by atoms with van der Waals surface area (Å²) in [4.78, 5) is 20.3. The molecule has 0 atom stereocenters. The van der Waals surface area contributed by atoms with E-state index in [9.17, 15) is 22.4 Å². The zero-order valence-corrected chi connectivity index (χ0v) is 15.7. The van der Waals surface area contributed by atoms with Crippen LogP contribution in [-0.4, -0.2) is 55.1 Å². The molecule has 29 heavy (non-hydrogen) atoms. The molecule has 1 aromatic carbocycles. The molecule has 0 N–H and O–H groups in total. The second-order valence-corrected chi connectivity index (χ2v) is 7.21. The topological polar surface area (TPSA) is 39.7 Å². The first-order valence-corrected chi connectivity index (χ1v) is 9.51. The number of rotatable bonds is 3. The number of carbonyl (C=O) groups excluding carboxylic acids is 1. The fraction of sp³-hybridized carbons (Fsp3) is 0.400. The highest BCUT2D eigenvalue weighted by molar-refractivity contribution is 5.96. The van der Waals surface area contributed by atoms with Crippen molar-refractivity contribution >= 4 is 17.3 Å². The van der Waals surface area contributed by atoms with Crippen molar-refractivity contribution in [1.29, 1.82) is 0 Å². The number of anilines is 2. The summed E-state index contributed by atoms with van der Waals surface area (Å²) in [6.07, 6.45) is 1.84. The van der Waals surface area contributed by atoms with Gasteiger partial charge in [-0.25, -0.2) is 0 Å². The van der Waals surface area contributed by atoms with Gasteiger partial charge in [0.15, 0.2) is 0 Å². The first-order chi connectivity index (χ1) is 14.0. The van der Waals surface area contributed by atoms with Crippen LogP contribution < -0.4 is 9.80 Å². The quantitative estimate of drug-likeness (QED) is 0.579. The maximum absolute atomic E-state index is 14.0. The van der Waals surface area contributed by atoms with Gasteiger partial charge in [-0.05, 0) is 24.5 Å². The van der Waals surface area contributed by atoms with Crippen molar-refractivity contribution in [2.45, 2.75) is 12.8 Å². The molecule has 4 rings (SSSR count). The van der Waals surface area contributed by atoms with Gasteiger partial charge in [-0.2, -0.15) is 22.5 Å². The molecule has 5 nitrogen and oxygen atoms in total. The van der Waals surface area contributed by atoms with Gasteiger partial charge in [0, 0.05) is 38.4 Å². The molecule has 0 radical (unpaired) electrons. The van der Waals surface area contributed by atoms with Crippen LogP contribution in [0.1, 0.15) is 12.0 Å². The lowest BCUT2D eigenvalue weighted by atomic mass is 10.0. The van der Waals surface area contributed by atoms with Crippen LogP contribution >= 0.6 is 0 Å². The monoisotopic (exact) mass is 408 g/mol. The van der Waals surface area contributed by atoms with Gasteiger partial charge in [-0.15, -0.1) is 0 Å². The SMILES string of the molecule is O=C(CN1CCN(c2c(F)c(F)nc(F)c2F)CC1)N1CCCc2ccccc21. The summed E-state index contributed by atoms with van der Waals surface area (Å²) in [7, 11) is 0.